The number of hydrogen-bond acceptors (Lipinski definition) is 3. The topological polar surface area (TPSA) is 32.5 Å². The second kappa shape index (κ2) is 4.57. The van der Waals surface area contributed by atoms with Gasteiger partial charge >= 0.3 is 0 Å². The lowest BCUT2D eigenvalue weighted by atomic mass is 10.1. The molecule has 1 saturated heterocycles. The highest BCUT2D eigenvalue weighted by Crippen LogP contribution is 2.30. The van der Waals surface area contributed by atoms with Crippen molar-refractivity contribution in [2.75, 3.05) is 37.8 Å². The lowest BCUT2D eigenvalue weighted by Gasteiger charge is -2.23. The molecule has 1 aromatic carbocycles. The molecule has 0 aromatic heterocycles. The molecule has 1 heterocycles. The van der Waals surface area contributed by atoms with Crippen LogP contribution in [0.2, 0.25) is 0 Å². The molecule has 2 unspecified atom stereocenters. The van der Waals surface area contributed by atoms with Crippen LogP contribution in [-0.2, 0) is 0 Å². The van der Waals surface area contributed by atoms with E-state index < -0.39 is 0 Å². The smallest absolute Gasteiger partial charge is 0.0603 e. The first-order valence-electron chi connectivity index (χ1n) is 6.26. The summed E-state index contributed by atoms with van der Waals surface area (Å²) in [5.41, 5.74) is 9.44. The van der Waals surface area contributed by atoms with Crippen LogP contribution in [0.25, 0.3) is 0 Å². The van der Waals surface area contributed by atoms with Crippen LogP contribution in [0.3, 0.4) is 0 Å². The Hall–Kier alpha value is -1.22. The van der Waals surface area contributed by atoms with Gasteiger partial charge in [0.25, 0.3) is 0 Å². The van der Waals surface area contributed by atoms with E-state index in [1.54, 1.807) is 0 Å². The van der Waals surface area contributed by atoms with Gasteiger partial charge in [-0.05, 0) is 44.6 Å². The van der Waals surface area contributed by atoms with Crippen LogP contribution >= 0.6 is 0 Å². The Labute approximate surface area is 104 Å². The number of nitrogens with zero attached hydrogens (tertiary/aromatic N) is 2. The van der Waals surface area contributed by atoms with E-state index in [1.807, 2.05) is 6.07 Å². The lowest BCUT2D eigenvalue weighted by molar-refractivity contribution is 0.266. The zero-order valence-electron chi connectivity index (χ0n) is 11.3. The number of anilines is 2. The molecule has 0 amide bonds. The third-order valence-corrected chi connectivity index (χ3v) is 3.76. The molecule has 0 bridgehead atoms. The summed E-state index contributed by atoms with van der Waals surface area (Å²) in [4.78, 5) is 4.73. The summed E-state index contributed by atoms with van der Waals surface area (Å²) in [6.45, 7) is 6.60. The molecule has 94 valence electrons. The van der Waals surface area contributed by atoms with Crippen LogP contribution in [0.4, 0.5) is 11.4 Å². The molecule has 0 spiro atoms. The first-order chi connectivity index (χ1) is 7.99. The molecule has 1 fully saturated rings. The van der Waals surface area contributed by atoms with E-state index >= 15 is 0 Å². The Morgan fingerprint density at radius 3 is 2.59 bits per heavy atom. The van der Waals surface area contributed by atoms with Gasteiger partial charge in [0, 0.05) is 19.1 Å². The minimum atomic E-state index is 0.620. The van der Waals surface area contributed by atoms with Crippen molar-refractivity contribution in [3.05, 3.63) is 23.8 Å². The summed E-state index contributed by atoms with van der Waals surface area (Å²) in [5, 5.41) is 0. The van der Waals surface area contributed by atoms with E-state index in [-0.39, 0.29) is 0 Å². The molecular formula is C14H23N3. The van der Waals surface area contributed by atoms with Crippen molar-refractivity contribution >= 4 is 11.4 Å². The quantitative estimate of drug-likeness (QED) is 0.793. The number of nitrogens with two attached hydrogens (primary N) is 1. The molecule has 0 aliphatic carbocycles. The van der Waals surface area contributed by atoms with Gasteiger partial charge in [0.15, 0.2) is 0 Å². The average Bonchev–Trinajstić information content (AvgIpc) is 2.64. The number of benzene rings is 1. The highest BCUT2D eigenvalue weighted by molar-refractivity contribution is 5.69. The maximum absolute atomic E-state index is 6.08. The lowest BCUT2D eigenvalue weighted by Crippen LogP contribution is -2.34. The second-order valence-electron chi connectivity index (χ2n) is 5.48. The van der Waals surface area contributed by atoms with Gasteiger partial charge in [-0.2, -0.15) is 0 Å². The Balaban J connectivity index is 2.22. The molecule has 2 rings (SSSR count). The summed E-state index contributed by atoms with van der Waals surface area (Å²) in [7, 11) is 4.31. The van der Waals surface area contributed by atoms with Crippen molar-refractivity contribution in [3.63, 3.8) is 0 Å². The first kappa shape index (κ1) is 12.2. The van der Waals surface area contributed by atoms with E-state index in [0.29, 0.717) is 12.0 Å². The van der Waals surface area contributed by atoms with Crippen molar-refractivity contribution in [2.45, 2.75) is 19.9 Å². The predicted molar refractivity (Wildman–Crippen MR) is 74.4 cm³/mol. The van der Waals surface area contributed by atoms with Gasteiger partial charge in [-0.3, -0.25) is 0 Å². The largest absolute Gasteiger partial charge is 0.397 e. The van der Waals surface area contributed by atoms with Gasteiger partial charge in [0.1, 0.15) is 0 Å². The van der Waals surface area contributed by atoms with Crippen LogP contribution in [0.15, 0.2) is 18.2 Å². The van der Waals surface area contributed by atoms with Crippen LogP contribution in [0, 0.1) is 12.8 Å². The van der Waals surface area contributed by atoms with Crippen molar-refractivity contribution in [3.8, 4) is 0 Å². The maximum Gasteiger partial charge on any atom is 0.0603 e. The fourth-order valence-electron chi connectivity index (χ4n) is 2.75. The van der Waals surface area contributed by atoms with Crippen molar-refractivity contribution in [2.24, 2.45) is 5.92 Å². The number of aryl methyl sites for hydroxylation is 1. The first-order valence-corrected chi connectivity index (χ1v) is 6.26. The van der Waals surface area contributed by atoms with E-state index in [2.05, 4.69) is 49.9 Å². The van der Waals surface area contributed by atoms with Crippen molar-refractivity contribution < 1.29 is 0 Å². The van der Waals surface area contributed by atoms with Crippen LogP contribution < -0.4 is 10.6 Å². The highest BCUT2D eigenvalue weighted by Gasteiger charge is 2.31. The number of nitrogen functional groups attached to an aromatic ring is 1. The normalized spacial score (nSPS) is 24.6. The van der Waals surface area contributed by atoms with E-state index in [1.165, 1.54) is 11.3 Å². The van der Waals surface area contributed by atoms with Crippen molar-refractivity contribution in [1.82, 2.24) is 4.90 Å². The van der Waals surface area contributed by atoms with Gasteiger partial charge in [0.05, 0.1) is 11.4 Å². The average molecular weight is 233 g/mol. The van der Waals surface area contributed by atoms with Gasteiger partial charge in [-0.25, -0.2) is 0 Å². The SMILES string of the molecule is Cc1ccc(N)c(N2CC(C)C(N(C)C)C2)c1. The highest BCUT2D eigenvalue weighted by atomic mass is 15.2. The van der Waals surface area contributed by atoms with Crippen LogP contribution in [-0.4, -0.2) is 38.1 Å². The van der Waals surface area contributed by atoms with Crippen LogP contribution in [0.1, 0.15) is 12.5 Å². The third kappa shape index (κ3) is 2.39. The maximum atomic E-state index is 6.08. The molecule has 2 atom stereocenters. The monoisotopic (exact) mass is 233 g/mol. The Morgan fingerprint density at radius 1 is 1.29 bits per heavy atom. The number of hydrogen-bond donors (Lipinski definition) is 1. The van der Waals surface area contributed by atoms with Crippen molar-refractivity contribution in [1.29, 1.82) is 0 Å². The molecule has 1 aliphatic rings. The molecule has 2 N–H and O–H groups in total. The fraction of sp³-hybridized carbons (Fsp3) is 0.571. The van der Waals surface area contributed by atoms with Crippen LogP contribution in [0.5, 0.6) is 0 Å². The predicted octanol–water partition coefficient (Wildman–Crippen LogP) is 1.96. The van der Waals surface area contributed by atoms with E-state index in [9.17, 15) is 0 Å². The molecule has 3 nitrogen and oxygen atoms in total. The molecule has 3 heteroatoms. The van der Waals surface area contributed by atoms with Gasteiger partial charge < -0.3 is 15.5 Å². The van der Waals surface area contributed by atoms with Gasteiger partial charge in [-0.15, -0.1) is 0 Å². The zero-order valence-corrected chi connectivity index (χ0v) is 11.3. The molecule has 1 aromatic rings. The zero-order chi connectivity index (χ0) is 12.6. The van der Waals surface area contributed by atoms with Gasteiger partial charge in [-0.1, -0.05) is 13.0 Å². The Kier molecular flexibility index (Phi) is 3.29. The Morgan fingerprint density at radius 2 is 2.00 bits per heavy atom. The fourth-order valence-corrected chi connectivity index (χ4v) is 2.75. The van der Waals surface area contributed by atoms with Gasteiger partial charge in [0.2, 0.25) is 0 Å². The van der Waals surface area contributed by atoms with E-state index in [0.717, 1.165) is 18.8 Å². The minimum Gasteiger partial charge on any atom is -0.397 e. The minimum absolute atomic E-state index is 0.620. The standard InChI is InChI=1S/C14H23N3/c1-10-5-6-12(15)13(7-10)17-8-11(2)14(9-17)16(3)4/h5-7,11,14H,8-9,15H2,1-4H3. The Bertz CT molecular complexity index is 400. The number of rotatable bonds is 2. The second-order valence-corrected chi connectivity index (χ2v) is 5.48. The number of likely N-dealkylation sites (N-methyl/N-ethyl adjacent to an activating group) is 1. The summed E-state index contributed by atoms with van der Waals surface area (Å²) in [6, 6.07) is 6.90. The molecule has 0 saturated carbocycles. The summed E-state index contributed by atoms with van der Waals surface area (Å²) in [5.74, 6) is 0.685. The third-order valence-electron chi connectivity index (χ3n) is 3.76. The molecular weight excluding hydrogens is 210 g/mol. The molecule has 17 heavy (non-hydrogen) atoms. The summed E-state index contributed by atoms with van der Waals surface area (Å²) >= 11 is 0. The molecule has 0 radical (unpaired) electrons. The molecule has 1 aliphatic heterocycles. The summed E-state index contributed by atoms with van der Waals surface area (Å²) in [6.07, 6.45) is 0. The van der Waals surface area contributed by atoms with E-state index in [4.69, 9.17) is 5.73 Å². The summed E-state index contributed by atoms with van der Waals surface area (Å²) < 4.78 is 0.